The van der Waals surface area contributed by atoms with Gasteiger partial charge >= 0.3 is 0 Å². The first-order valence-corrected chi connectivity index (χ1v) is 6.46. The van der Waals surface area contributed by atoms with E-state index in [0.29, 0.717) is 18.9 Å². The SMILES string of the molecule is COCC(C)(C)NCC(O)c1cc(C)ccc1OC. The van der Waals surface area contributed by atoms with Crippen LogP contribution in [0.5, 0.6) is 5.75 Å². The Kier molecular flexibility index (Phi) is 5.79. The van der Waals surface area contributed by atoms with Crippen LogP contribution >= 0.6 is 0 Å². The summed E-state index contributed by atoms with van der Waals surface area (Å²) < 4.78 is 10.4. The molecule has 0 saturated heterocycles. The average Bonchev–Trinajstić information content (AvgIpc) is 2.36. The van der Waals surface area contributed by atoms with Crippen LogP contribution in [0.15, 0.2) is 18.2 Å². The van der Waals surface area contributed by atoms with E-state index in [4.69, 9.17) is 9.47 Å². The largest absolute Gasteiger partial charge is 0.496 e. The quantitative estimate of drug-likeness (QED) is 0.794. The van der Waals surface area contributed by atoms with Gasteiger partial charge in [0.15, 0.2) is 0 Å². The molecule has 0 bridgehead atoms. The molecule has 4 nitrogen and oxygen atoms in total. The Labute approximate surface area is 115 Å². The second-order valence-corrected chi connectivity index (χ2v) is 5.46. The number of methoxy groups -OCH3 is 2. The van der Waals surface area contributed by atoms with Crippen LogP contribution in [0.3, 0.4) is 0 Å². The maximum Gasteiger partial charge on any atom is 0.124 e. The number of nitrogens with one attached hydrogen (secondary N) is 1. The number of benzene rings is 1. The van der Waals surface area contributed by atoms with Crippen molar-refractivity contribution >= 4 is 0 Å². The zero-order valence-corrected chi connectivity index (χ0v) is 12.5. The van der Waals surface area contributed by atoms with Crippen LogP contribution in [-0.4, -0.2) is 38.0 Å². The summed E-state index contributed by atoms with van der Waals surface area (Å²) >= 11 is 0. The highest BCUT2D eigenvalue weighted by Gasteiger charge is 2.20. The highest BCUT2D eigenvalue weighted by atomic mass is 16.5. The molecule has 1 rings (SSSR count). The van der Waals surface area contributed by atoms with Crippen molar-refractivity contribution in [3.63, 3.8) is 0 Å². The minimum absolute atomic E-state index is 0.174. The molecule has 0 aromatic heterocycles. The minimum Gasteiger partial charge on any atom is -0.496 e. The Morgan fingerprint density at radius 2 is 2.00 bits per heavy atom. The number of aliphatic hydroxyl groups is 1. The van der Waals surface area contributed by atoms with Gasteiger partial charge in [-0.2, -0.15) is 0 Å². The van der Waals surface area contributed by atoms with Gasteiger partial charge in [-0.3, -0.25) is 0 Å². The lowest BCUT2D eigenvalue weighted by Crippen LogP contribution is -2.45. The molecule has 0 aliphatic heterocycles. The summed E-state index contributed by atoms with van der Waals surface area (Å²) in [7, 11) is 3.28. The molecule has 4 heteroatoms. The van der Waals surface area contributed by atoms with Crippen molar-refractivity contribution < 1.29 is 14.6 Å². The third kappa shape index (κ3) is 4.82. The first-order valence-electron chi connectivity index (χ1n) is 6.46. The van der Waals surface area contributed by atoms with E-state index in [2.05, 4.69) is 5.32 Å². The zero-order valence-electron chi connectivity index (χ0n) is 12.5. The van der Waals surface area contributed by atoms with E-state index >= 15 is 0 Å². The fourth-order valence-electron chi connectivity index (χ4n) is 2.01. The van der Waals surface area contributed by atoms with Gasteiger partial charge in [0.25, 0.3) is 0 Å². The third-order valence-electron chi connectivity index (χ3n) is 3.02. The summed E-state index contributed by atoms with van der Waals surface area (Å²) in [5.74, 6) is 0.712. The Balaban J connectivity index is 2.72. The van der Waals surface area contributed by atoms with Crippen LogP contribution in [0.4, 0.5) is 0 Å². The van der Waals surface area contributed by atoms with E-state index in [1.807, 2.05) is 39.0 Å². The molecule has 1 unspecified atom stereocenters. The molecule has 0 spiro atoms. The van der Waals surface area contributed by atoms with Gasteiger partial charge in [-0.1, -0.05) is 11.6 Å². The normalized spacial score (nSPS) is 13.4. The van der Waals surface area contributed by atoms with Crippen LogP contribution in [0.1, 0.15) is 31.1 Å². The monoisotopic (exact) mass is 267 g/mol. The van der Waals surface area contributed by atoms with Gasteiger partial charge in [0.05, 0.1) is 19.8 Å². The van der Waals surface area contributed by atoms with Gasteiger partial charge in [-0.15, -0.1) is 0 Å². The van der Waals surface area contributed by atoms with Gasteiger partial charge in [0, 0.05) is 24.8 Å². The molecule has 1 aromatic carbocycles. The van der Waals surface area contributed by atoms with Crippen molar-refractivity contribution in [3.8, 4) is 5.75 Å². The predicted molar refractivity (Wildman–Crippen MR) is 76.6 cm³/mol. The Morgan fingerprint density at radius 3 is 2.58 bits per heavy atom. The number of β-amino-alcohol motifs (C(OH)–C–C–N with tert-alkyl or cyclic N) is 1. The fraction of sp³-hybridized carbons (Fsp3) is 0.600. The smallest absolute Gasteiger partial charge is 0.124 e. The molecule has 108 valence electrons. The van der Waals surface area contributed by atoms with E-state index in [1.165, 1.54) is 0 Å². The molecule has 19 heavy (non-hydrogen) atoms. The maximum atomic E-state index is 10.3. The Bertz CT molecular complexity index is 404. The van der Waals surface area contributed by atoms with Crippen molar-refractivity contribution in [3.05, 3.63) is 29.3 Å². The highest BCUT2D eigenvalue weighted by Crippen LogP contribution is 2.26. The number of ether oxygens (including phenoxy) is 2. The number of hydrogen-bond donors (Lipinski definition) is 2. The Hall–Kier alpha value is -1.10. The lowest BCUT2D eigenvalue weighted by Gasteiger charge is -2.27. The molecular formula is C15H25NO3. The molecule has 0 aliphatic rings. The average molecular weight is 267 g/mol. The van der Waals surface area contributed by atoms with E-state index < -0.39 is 6.10 Å². The van der Waals surface area contributed by atoms with E-state index in [1.54, 1.807) is 14.2 Å². The molecule has 0 heterocycles. The van der Waals surface area contributed by atoms with Crippen LogP contribution in [0, 0.1) is 6.92 Å². The van der Waals surface area contributed by atoms with Crippen molar-refractivity contribution in [2.45, 2.75) is 32.4 Å². The van der Waals surface area contributed by atoms with E-state index in [9.17, 15) is 5.11 Å². The first-order chi connectivity index (χ1) is 8.89. The number of hydrogen-bond acceptors (Lipinski definition) is 4. The molecule has 0 aliphatic carbocycles. The van der Waals surface area contributed by atoms with Crippen LogP contribution in [0.25, 0.3) is 0 Å². The number of aryl methyl sites for hydroxylation is 1. The zero-order chi connectivity index (χ0) is 14.5. The lowest BCUT2D eigenvalue weighted by atomic mass is 10.0. The molecule has 0 radical (unpaired) electrons. The van der Waals surface area contributed by atoms with Gasteiger partial charge in [0.1, 0.15) is 5.75 Å². The summed E-state index contributed by atoms with van der Waals surface area (Å²) in [5, 5.41) is 13.6. The van der Waals surface area contributed by atoms with Crippen LogP contribution in [0.2, 0.25) is 0 Å². The highest BCUT2D eigenvalue weighted by molar-refractivity contribution is 5.38. The maximum absolute atomic E-state index is 10.3. The third-order valence-corrected chi connectivity index (χ3v) is 3.02. The number of rotatable bonds is 7. The second kappa shape index (κ2) is 6.89. The Morgan fingerprint density at radius 1 is 1.32 bits per heavy atom. The summed E-state index contributed by atoms with van der Waals surface area (Å²) in [5.41, 5.74) is 1.74. The van der Waals surface area contributed by atoms with Crippen molar-refractivity contribution in [1.82, 2.24) is 5.32 Å². The van der Waals surface area contributed by atoms with Gasteiger partial charge in [0.2, 0.25) is 0 Å². The van der Waals surface area contributed by atoms with Crippen LogP contribution in [-0.2, 0) is 4.74 Å². The summed E-state index contributed by atoms with van der Waals surface area (Å²) in [6.45, 7) is 7.12. The topological polar surface area (TPSA) is 50.7 Å². The molecule has 1 aromatic rings. The molecule has 0 saturated carbocycles. The minimum atomic E-state index is -0.606. The van der Waals surface area contributed by atoms with Crippen molar-refractivity contribution in [2.75, 3.05) is 27.4 Å². The van der Waals surface area contributed by atoms with Crippen molar-refractivity contribution in [1.29, 1.82) is 0 Å². The fourth-order valence-corrected chi connectivity index (χ4v) is 2.01. The number of aliphatic hydroxyl groups excluding tert-OH is 1. The summed E-state index contributed by atoms with van der Waals surface area (Å²) in [4.78, 5) is 0. The van der Waals surface area contributed by atoms with E-state index in [-0.39, 0.29) is 5.54 Å². The molecule has 2 N–H and O–H groups in total. The second-order valence-electron chi connectivity index (χ2n) is 5.46. The summed E-state index contributed by atoms with van der Waals surface area (Å²) in [6, 6.07) is 5.81. The van der Waals surface area contributed by atoms with Crippen molar-refractivity contribution in [2.24, 2.45) is 0 Å². The van der Waals surface area contributed by atoms with Crippen LogP contribution < -0.4 is 10.1 Å². The van der Waals surface area contributed by atoms with E-state index in [0.717, 1.165) is 11.1 Å². The standard InChI is InChI=1S/C15H25NO3/c1-11-6-7-14(19-5)12(8-11)13(17)9-16-15(2,3)10-18-4/h6-8,13,16-17H,9-10H2,1-5H3. The molecule has 1 atom stereocenters. The van der Waals surface area contributed by atoms with Gasteiger partial charge in [-0.25, -0.2) is 0 Å². The van der Waals surface area contributed by atoms with Gasteiger partial charge < -0.3 is 19.9 Å². The molecule has 0 fully saturated rings. The lowest BCUT2D eigenvalue weighted by molar-refractivity contribution is 0.106. The van der Waals surface area contributed by atoms with Gasteiger partial charge in [-0.05, 0) is 32.9 Å². The predicted octanol–water partition coefficient (Wildman–Crippen LogP) is 2.05. The first kappa shape index (κ1) is 16.0. The molecular weight excluding hydrogens is 242 g/mol. The summed E-state index contributed by atoms with van der Waals surface area (Å²) in [6.07, 6.45) is -0.606. The molecule has 0 amide bonds.